The molecule has 28 heavy (non-hydrogen) atoms. The Labute approximate surface area is 167 Å². The van der Waals surface area contributed by atoms with Gasteiger partial charge >= 0.3 is 6.18 Å². The molecule has 9 heteroatoms. The van der Waals surface area contributed by atoms with Crippen LogP contribution in [-0.2, 0) is 25.7 Å². The lowest BCUT2D eigenvalue weighted by atomic mass is 10.1. The lowest BCUT2D eigenvalue weighted by molar-refractivity contribution is -0.145. The molecule has 0 saturated carbocycles. The van der Waals surface area contributed by atoms with E-state index < -0.39 is 17.6 Å². The summed E-state index contributed by atoms with van der Waals surface area (Å²) in [5, 5.41) is 0.681. The first-order valence-electron chi connectivity index (χ1n) is 8.56. The summed E-state index contributed by atoms with van der Waals surface area (Å²) >= 11 is 7.56. The molecule has 0 atom stereocenters. The van der Waals surface area contributed by atoms with Gasteiger partial charge in [0, 0.05) is 40.8 Å². The first-order valence-corrected chi connectivity index (χ1v) is 9.75. The topological polar surface area (TPSA) is 49.0 Å². The van der Waals surface area contributed by atoms with E-state index in [4.69, 9.17) is 11.6 Å². The van der Waals surface area contributed by atoms with Crippen LogP contribution in [0, 0.1) is 0 Å². The monoisotopic (exact) mass is 425 g/mol. The molecule has 0 saturated heterocycles. The number of fused-ring (bicyclic) bond motifs is 1. The van der Waals surface area contributed by atoms with Crippen LogP contribution in [0.5, 0.6) is 0 Å². The lowest BCUT2D eigenvalue weighted by Gasteiger charge is -2.27. The van der Waals surface area contributed by atoms with Crippen LogP contribution in [-0.4, -0.2) is 21.4 Å². The predicted molar refractivity (Wildman–Crippen MR) is 102 cm³/mol. The molecule has 1 aliphatic rings. The third-order valence-corrected chi connectivity index (χ3v) is 5.96. The number of halogens is 4. The summed E-state index contributed by atoms with van der Waals surface area (Å²) in [4.78, 5) is 21.9. The smallest absolute Gasteiger partial charge is 0.303 e. The molecule has 1 aromatic carbocycles. The normalized spacial score (nSPS) is 14.9. The average molecular weight is 426 g/mol. The second-order valence-electron chi connectivity index (χ2n) is 6.57. The van der Waals surface area contributed by atoms with Crippen molar-refractivity contribution in [2.45, 2.75) is 25.7 Å². The van der Waals surface area contributed by atoms with Gasteiger partial charge in [-0.05, 0) is 29.8 Å². The third kappa shape index (κ3) is 3.99. The first kappa shape index (κ1) is 19.2. The molecular formula is C19H15ClF3N3OS. The molecule has 2 aromatic heterocycles. The van der Waals surface area contributed by atoms with Crippen LogP contribution in [0.25, 0.3) is 10.4 Å². The van der Waals surface area contributed by atoms with Gasteiger partial charge in [0.25, 0.3) is 5.56 Å². The van der Waals surface area contributed by atoms with E-state index in [1.54, 1.807) is 11.3 Å². The number of nitrogens with one attached hydrogen (secondary N) is 1. The fraction of sp³-hybridized carbons (Fsp3) is 0.263. The summed E-state index contributed by atoms with van der Waals surface area (Å²) in [5.74, 6) is -1.23. The van der Waals surface area contributed by atoms with Gasteiger partial charge in [-0.15, -0.1) is 11.3 Å². The van der Waals surface area contributed by atoms with Gasteiger partial charge in [-0.1, -0.05) is 23.7 Å². The van der Waals surface area contributed by atoms with Gasteiger partial charge in [-0.2, -0.15) is 13.2 Å². The molecule has 3 heterocycles. The van der Waals surface area contributed by atoms with E-state index >= 15 is 0 Å². The number of aromatic nitrogens is 2. The van der Waals surface area contributed by atoms with Gasteiger partial charge in [0.15, 0.2) is 0 Å². The van der Waals surface area contributed by atoms with Crippen LogP contribution >= 0.6 is 22.9 Å². The fourth-order valence-corrected chi connectivity index (χ4v) is 4.38. The maximum atomic E-state index is 12.8. The highest BCUT2D eigenvalue weighted by Gasteiger charge is 2.35. The predicted octanol–water partition coefficient (Wildman–Crippen LogP) is 4.73. The van der Waals surface area contributed by atoms with Crippen molar-refractivity contribution in [3.05, 3.63) is 73.7 Å². The molecule has 0 spiro atoms. The standard InChI is InChI=1S/C19H15ClF3N3OS/c20-12-3-1-11(2-4-12)16-6-5-13(28-16)9-26-8-7-15-14(10-26)17(27)25-18(24-15)19(21,22)23/h1-6H,7-10H2,(H,24,25,27). The molecule has 0 unspecified atom stereocenters. The second kappa shape index (κ2) is 7.35. The molecule has 4 nitrogen and oxygen atoms in total. The average Bonchev–Trinajstić information content (AvgIpc) is 3.10. The van der Waals surface area contributed by atoms with Gasteiger partial charge in [0.2, 0.25) is 5.82 Å². The minimum absolute atomic E-state index is 0.236. The number of nitrogens with zero attached hydrogens (tertiary/aromatic N) is 2. The van der Waals surface area contributed by atoms with Crippen molar-refractivity contribution in [2.24, 2.45) is 0 Å². The van der Waals surface area contributed by atoms with Crippen LogP contribution in [0.2, 0.25) is 5.02 Å². The second-order valence-corrected chi connectivity index (χ2v) is 8.18. The Kier molecular flexibility index (Phi) is 5.03. The molecule has 3 aromatic rings. The molecule has 1 aliphatic heterocycles. The number of hydrogen-bond acceptors (Lipinski definition) is 4. The molecule has 0 fully saturated rings. The number of H-pyrrole nitrogens is 1. The Bertz CT molecular complexity index is 1060. The van der Waals surface area contributed by atoms with Crippen molar-refractivity contribution < 1.29 is 13.2 Å². The largest absolute Gasteiger partial charge is 0.449 e. The summed E-state index contributed by atoms with van der Waals surface area (Å²) in [6, 6.07) is 11.7. The van der Waals surface area contributed by atoms with Crippen molar-refractivity contribution in [1.29, 1.82) is 0 Å². The van der Waals surface area contributed by atoms with Gasteiger partial charge in [-0.3, -0.25) is 9.69 Å². The van der Waals surface area contributed by atoms with E-state index in [2.05, 4.69) is 4.98 Å². The molecule has 4 rings (SSSR count). The van der Waals surface area contributed by atoms with E-state index in [1.807, 2.05) is 46.3 Å². The number of thiophene rings is 1. The van der Waals surface area contributed by atoms with E-state index in [0.29, 0.717) is 30.1 Å². The zero-order chi connectivity index (χ0) is 19.9. The van der Waals surface area contributed by atoms with E-state index in [9.17, 15) is 18.0 Å². The Morgan fingerprint density at radius 2 is 1.93 bits per heavy atom. The number of alkyl halides is 3. The highest BCUT2D eigenvalue weighted by molar-refractivity contribution is 7.15. The number of benzene rings is 1. The van der Waals surface area contributed by atoms with Crippen molar-refractivity contribution in [3.63, 3.8) is 0 Å². The summed E-state index contributed by atoms with van der Waals surface area (Å²) < 4.78 is 38.5. The Balaban J connectivity index is 1.50. The molecular weight excluding hydrogens is 411 g/mol. The Hall–Kier alpha value is -2.16. The molecule has 0 amide bonds. The summed E-state index contributed by atoms with van der Waals surface area (Å²) in [7, 11) is 0. The third-order valence-electron chi connectivity index (χ3n) is 4.59. The van der Waals surface area contributed by atoms with Gasteiger partial charge in [0.1, 0.15) is 0 Å². The van der Waals surface area contributed by atoms with Crippen LogP contribution in [0.15, 0.2) is 41.2 Å². The van der Waals surface area contributed by atoms with E-state index in [1.165, 1.54) is 0 Å². The van der Waals surface area contributed by atoms with Crippen LogP contribution < -0.4 is 5.56 Å². The molecule has 0 radical (unpaired) electrons. The van der Waals surface area contributed by atoms with Crippen molar-refractivity contribution >= 4 is 22.9 Å². The number of aromatic amines is 1. The molecule has 146 valence electrons. The van der Waals surface area contributed by atoms with E-state index in [0.717, 1.165) is 15.3 Å². The molecule has 1 N–H and O–H groups in total. The zero-order valence-corrected chi connectivity index (χ0v) is 16.1. The fourth-order valence-electron chi connectivity index (χ4n) is 3.20. The van der Waals surface area contributed by atoms with Crippen molar-refractivity contribution in [2.75, 3.05) is 6.54 Å². The summed E-state index contributed by atoms with van der Waals surface area (Å²) in [5.41, 5.74) is 0.911. The lowest BCUT2D eigenvalue weighted by Crippen LogP contribution is -2.36. The molecule has 0 bridgehead atoms. The highest BCUT2D eigenvalue weighted by atomic mass is 35.5. The first-order chi connectivity index (χ1) is 13.3. The summed E-state index contributed by atoms with van der Waals surface area (Å²) in [6.07, 6.45) is -4.34. The highest BCUT2D eigenvalue weighted by Crippen LogP contribution is 2.31. The van der Waals surface area contributed by atoms with Gasteiger partial charge in [0.05, 0.1) is 11.3 Å². The van der Waals surface area contributed by atoms with Crippen LogP contribution in [0.3, 0.4) is 0 Å². The maximum absolute atomic E-state index is 12.8. The quantitative estimate of drug-likeness (QED) is 0.660. The van der Waals surface area contributed by atoms with Gasteiger partial charge < -0.3 is 4.98 Å². The zero-order valence-electron chi connectivity index (χ0n) is 14.5. The number of hydrogen-bond donors (Lipinski definition) is 1. The summed E-state index contributed by atoms with van der Waals surface area (Å²) in [6.45, 7) is 1.46. The number of rotatable bonds is 3. The van der Waals surface area contributed by atoms with Crippen LogP contribution in [0.4, 0.5) is 13.2 Å². The van der Waals surface area contributed by atoms with E-state index in [-0.39, 0.29) is 12.2 Å². The maximum Gasteiger partial charge on any atom is 0.449 e. The van der Waals surface area contributed by atoms with Gasteiger partial charge in [-0.25, -0.2) is 4.98 Å². The SMILES string of the molecule is O=c1[nH]c(C(F)(F)F)nc2c1CN(Cc1ccc(-c3ccc(Cl)cc3)s1)CC2. The van der Waals surface area contributed by atoms with Crippen molar-refractivity contribution in [3.8, 4) is 10.4 Å². The van der Waals surface area contributed by atoms with Crippen molar-refractivity contribution in [1.82, 2.24) is 14.9 Å². The Morgan fingerprint density at radius 3 is 2.64 bits per heavy atom. The molecule has 0 aliphatic carbocycles. The minimum atomic E-state index is -4.65. The Morgan fingerprint density at radius 1 is 1.18 bits per heavy atom. The minimum Gasteiger partial charge on any atom is -0.303 e. The van der Waals surface area contributed by atoms with Crippen LogP contribution in [0.1, 0.15) is 22.0 Å².